The van der Waals surface area contributed by atoms with Gasteiger partial charge in [0.15, 0.2) is 0 Å². The molecular formula is C24H22N2O3S2. The van der Waals surface area contributed by atoms with Gasteiger partial charge >= 0.3 is 0 Å². The lowest BCUT2D eigenvalue weighted by atomic mass is 10.1. The maximum absolute atomic E-state index is 12.3. The van der Waals surface area contributed by atoms with Crippen molar-refractivity contribution in [1.29, 1.82) is 0 Å². The molecule has 0 aliphatic carbocycles. The van der Waals surface area contributed by atoms with Gasteiger partial charge in [0.1, 0.15) is 5.01 Å². The SMILES string of the molecule is Cc1ccc(S(=O)(=O)OCCc2nc(-c3ccc(-c4ccccc4)nc3)sc2C)cc1. The van der Waals surface area contributed by atoms with E-state index >= 15 is 0 Å². The lowest BCUT2D eigenvalue weighted by molar-refractivity contribution is 0.321. The van der Waals surface area contributed by atoms with Crippen molar-refractivity contribution >= 4 is 21.5 Å². The summed E-state index contributed by atoms with van der Waals surface area (Å²) in [5.74, 6) is 0. The normalized spacial score (nSPS) is 11.5. The van der Waals surface area contributed by atoms with E-state index in [1.807, 2.05) is 62.5 Å². The average Bonchev–Trinajstić information content (AvgIpc) is 3.15. The van der Waals surface area contributed by atoms with Crippen LogP contribution < -0.4 is 0 Å². The fourth-order valence-electron chi connectivity index (χ4n) is 3.10. The first-order valence-corrected chi connectivity index (χ1v) is 12.1. The number of pyridine rings is 1. The minimum Gasteiger partial charge on any atom is -0.266 e. The zero-order valence-corrected chi connectivity index (χ0v) is 18.9. The second kappa shape index (κ2) is 9.09. The third-order valence-corrected chi connectivity index (χ3v) is 7.25. The monoisotopic (exact) mass is 450 g/mol. The van der Waals surface area contributed by atoms with E-state index in [1.54, 1.807) is 35.6 Å². The van der Waals surface area contributed by atoms with Crippen molar-refractivity contribution < 1.29 is 12.6 Å². The van der Waals surface area contributed by atoms with Crippen molar-refractivity contribution in [2.45, 2.75) is 25.2 Å². The number of aromatic nitrogens is 2. The van der Waals surface area contributed by atoms with Crippen LogP contribution in [0.4, 0.5) is 0 Å². The van der Waals surface area contributed by atoms with Gasteiger partial charge in [-0.25, -0.2) is 4.98 Å². The average molecular weight is 451 g/mol. The number of rotatable bonds is 7. The van der Waals surface area contributed by atoms with Crippen LogP contribution in [0.15, 0.2) is 77.8 Å². The van der Waals surface area contributed by atoms with E-state index in [0.717, 1.165) is 38.0 Å². The molecule has 2 aromatic heterocycles. The van der Waals surface area contributed by atoms with E-state index in [9.17, 15) is 8.42 Å². The largest absolute Gasteiger partial charge is 0.296 e. The highest BCUT2D eigenvalue weighted by atomic mass is 32.2. The standard InChI is InChI=1S/C24H22N2O3S2/c1-17-8-11-21(12-9-17)31(27,28)29-15-14-22-18(2)30-24(26-22)20-10-13-23(25-16-20)19-6-4-3-5-7-19/h3-13,16H,14-15H2,1-2H3. The summed E-state index contributed by atoms with van der Waals surface area (Å²) in [5.41, 5.74) is 4.75. The molecule has 31 heavy (non-hydrogen) atoms. The van der Waals surface area contributed by atoms with Crippen molar-refractivity contribution in [3.8, 4) is 21.8 Å². The van der Waals surface area contributed by atoms with Gasteiger partial charge < -0.3 is 0 Å². The summed E-state index contributed by atoms with van der Waals surface area (Å²) in [6.07, 6.45) is 2.24. The molecule has 0 unspecified atom stereocenters. The molecule has 0 bridgehead atoms. The van der Waals surface area contributed by atoms with Crippen molar-refractivity contribution in [2.75, 3.05) is 6.61 Å². The molecule has 158 valence electrons. The van der Waals surface area contributed by atoms with Crippen molar-refractivity contribution in [3.63, 3.8) is 0 Å². The summed E-state index contributed by atoms with van der Waals surface area (Å²) >= 11 is 1.57. The molecular weight excluding hydrogens is 428 g/mol. The van der Waals surface area contributed by atoms with Gasteiger partial charge in [0.25, 0.3) is 10.1 Å². The predicted octanol–water partition coefficient (Wildman–Crippen LogP) is 5.44. The van der Waals surface area contributed by atoms with Gasteiger partial charge in [0, 0.05) is 28.6 Å². The van der Waals surface area contributed by atoms with Crippen LogP contribution in [0.25, 0.3) is 21.8 Å². The number of aryl methyl sites for hydroxylation is 2. The molecule has 4 aromatic rings. The van der Waals surface area contributed by atoms with Crippen LogP contribution in [0.5, 0.6) is 0 Å². The zero-order valence-electron chi connectivity index (χ0n) is 17.3. The van der Waals surface area contributed by atoms with Crippen LogP contribution >= 0.6 is 11.3 Å². The first kappa shape index (κ1) is 21.4. The van der Waals surface area contributed by atoms with E-state index < -0.39 is 10.1 Å². The van der Waals surface area contributed by atoms with Crippen LogP contribution in [-0.2, 0) is 20.7 Å². The van der Waals surface area contributed by atoms with Gasteiger partial charge in [-0.1, -0.05) is 48.0 Å². The summed E-state index contributed by atoms with van der Waals surface area (Å²) in [6, 6.07) is 20.6. The number of benzene rings is 2. The lowest BCUT2D eigenvalue weighted by Crippen LogP contribution is -2.09. The minimum absolute atomic E-state index is 0.0470. The smallest absolute Gasteiger partial charge is 0.266 e. The van der Waals surface area contributed by atoms with E-state index in [4.69, 9.17) is 9.17 Å². The number of hydrogen-bond acceptors (Lipinski definition) is 6. The van der Waals surface area contributed by atoms with E-state index in [1.165, 1.54) is 0 Å². The Hall–Kier alpha value is -2.87. The Kier molecular flexibility index (Phi) is 6.27. The highest BCUT2D eigenvalue weighted by molar-refractivity contribution is 7.86. The lowest BCUT2D eigenvalue weighted by Gasteiger charge is -2.05. The van der Waals surface area contributed by atoms with E-state index in [0.29, 0.717) is 6.42 Å². The molecule has 0 saturated heterocycles. The Morgan fingerprint density at radius 2 is 1.65 bits per heavy atom. The highest BCUT2D eigenvalue weighted by Crippen LogP contribution is 2.29. The molecule has 0 N–H and O–H groups in total. The Morgan fingerprint density at radius 3 is 2.32 bits per heavy atom. The van der Waals surface area contributed by atoms with E-state index in [2.05, 4.69) is 4.98 Å². The maximum atomic E-state index is 12.3. The van der Waals surface area contributed by atoms with Crippen LogP contribution in [0.3, 0.4) is 0 Å². The van der Waals surface area contributed by atoms with Crippen LogP contribution in [0.2, 0.25) is 0 Å². The molecule has 0 atom stereocenters. The van der Waals surface area contributed by atoms with E-state index in [-0.39, 0.29) is 11.5 Å². The second-order valence-corrected chi connectivity index (χ2v) is 9.98. The quantitative estimate of drug-likeness (QED) is 0.351. The van der Waals surface area contributed by atoms with Crippen molar-refractivity contribution in [3.05, 3.63) is 89.1 Å². The summed E-state index contributed by atoms with van der Waals surface area (Å²) < 4.78 is 29.9. The van der Waals surface area contributed by atoms with Crippen molar-refractivity contribution in [2.24, 2.45) is 0 Å². The number of nitrogens with zero attached hydrogens (tertiary/aromatic N) is 2. The molecule has 2 aromatic carbocycles. The van der Waals surface area contributed by atoms with Gasteiger partial charge in [-0.3, -0.25) is 9.17 Å². The molecule has 0 radical (unpaired) electrons. The Bertz CT molecular complexity index is 1260. The maximum Gasteiger partial charge on any atom is 0.296 e. The van der Waals surface area contributed by atoms with Gasteiger partial charge in [-0.15, -0.1) is 11.3 Å². The molecule has 5 nitrogen and oxygen atoms in total. The molecule has 0 spiro atoms. The Balaban J connectivity index is 1.42. The fraction of sp³-hybridized carbons (Fsp3) is 0.167. The third-order valence-electron chi connectivity index (χ3n) is 4.86. The third kappa shape index (κ3) is 5.07. The van der Waals surface area contributed by atoms with Crippen LogP contribution in [0.1, 0.15) is 16.1 Å². The van der Waals surface area contributed by atoms with Crippen molar-refractivity contribution in [1.82, 2.24) is 9.97 Å². The first-order valence-electron chi connectivity index (χ1n) is 9.87. The van der Waals surface area contributed by atoms with Crippen LogP contribution in [0, 0.1) is 13.8 Å². The van der Waals surface area contributed by atoms with Gasteiger partial charge in [0.05, 0.1) is 22.9 Å². The molecule has 0 fully saturated rings. The minimum atomic E-state index is -3.77. The first-order chi connectivity index (χ1) is 14.9. The highest BCUT2D eigenvalue weighted by Gasteiger charge is 2.16. The molecule has 7 heteroatoms. The fourth-order valence-corrected chi connectivity index (χ4v) is 4.96. The molecule has 4 rings (SSSR count). The number of thiazole rings is 1. The summed E-state index contributed by atoms with van der Waals surface area (Å²) in [5, 5.41) is 0.862. The molecule has 0 aliphatic rings. The summed E-state index contributed by atoms with van der Waals surface area (Å²) in [7, 11) is -3.77. The molecule has 0 saturated carbocycles. The molecule has 2 heterocycles. The summed E-state index contributed by atoms with van der Waals surface area (Å²) in [6.45, 7) is 3.94. The summed E-state index contributed by atoms with van der Waals surface area (Å²) in [4.78, 5) is 10.5. The van der Waals surface area contributed by atoms with Gasteiger partial charge in [-0.05, 0) is 38.1 Å². The Morgan fingerprint density at radius 1 is 0.903 bits per heavy atom. The molecule has 0 aliphatic heterocycles. The molecule has 0 amide bonds. The topological polar surface area (TPSA) is 69.2 Å². The predicted molar refractivity (Wildman–Crippen MR) is 124 cm³/mol. The van der Waals surface area contributed by atoms with Gasteiger partial charge in [0.2, 0.25) is 0 Å². The zero-order chi connectivity index (χ0) is 21.8. The van der Waals surface area contributed by atoms with Crippen LogP contribution in [-0.4, -0.2) is 25.0 Å². The Labute approximate surface area is 186 Å². The second-order valence-electron chi connectivity index (χ2n) is 7.16. The number of hydrogen-bond donors (Lipinski definition) is 0. The van der Waals surface area contributed by atoms with Gasteiger partial charge in [-0.2, -0.15) is 8.42 Å².